The van der Waals surface area contributed by atoms with E-state index in [1.54, 1.807) is 7.11 Å². The quantitative estimate of drug-likeness (QED) is 0.643. The standard InChI is InChI=1S/C14H20N4O2S/c1-3-6-16-12(13(15)19)8-21-14-17-10-5-4-9(20-2)7-11(10)18-14/h4-5,7,12,16H,3,6,8H2,1-2H3,(H2,15,19)(H,17,18). The highest BCUT2D eigenvalue weighted by molar-refractivity contribution is 7.99. The molecule has 21 heavy (non-hydrogen) atoms. The second-order valence-corrected chi connectivity index (χ2v) is 5.65. The van der Waals surface area contributed by atoms with Crippen molar-refractivity contribution in [2.45, 2.75) is 24.5 Å². The molecule has 0 radical (unpaired) electrons. The number of carbonyl (C=O) groups is 1. The van der Waals surface area contributed by atoms with Crippen LogP contribution >= 0.6 is 11.8 Å². The number of imidazole rings is 1. The fourth-order valence-corrected chi connectivity index (χ4v) is 2.83. The van der Waals surface area contributed by atoms with Gasteiger partial charge in [0.25, 0.3) is 0 Å². The number of amides is 1. The molecule has 0 fully saturated rings. The second-order valence-electron chi connectivity index (χ2n) is 4.65. The maximum absolute atomic E-state index is 11.4. The molecule has 0 saturated carbocycles. The summed E-state index contributed by atoms with van der Waals surface area (Å²) in [7, 11) is 1.63. The molecule has 1 amide bonds. The summed E-state index contributed by atoms with van der Waals surface area (Å²) in [5, 5.41) is 3.90. The van der Waals surface area contributed by atoms with Crippen LogP contribution < -0.4 is 15.8 Å². The molecule has 7 heteroatoms. The van der Waals surface area contributed by atoms with Crippen molar-refractivity contribution in [3.63, 3.8) is 0 Å². The lowest BCUT2D eigenvalue weighted by Gasteiger charge is -2.13. The lowest BCUT2D eigenvalue weighted by Crippen LogP contribution is -2.43. The predicted octanol–water partition coefficient (Wildman–Crippen LogP) is 1.52. The third kappa shape index (κ3) is 4.12. The number of hydrogen-bond donors (Lipinski definition) is 3. The summed E-state index contributed by atoms with van der Waals surface area (Å²) in [5.41, 5.74) is 7.17. The predicted molar refractivity (Wildman–Crippen MR) is 84.6 cm³/mol. The number of nitrogens with two attached hydrogens (primary N) is 1. The minimum absolute atomic E-state index is 0.339. The SMILES string of the molecule is CCCNC(CSc1nc2ccc(OC)cc2[nH]1)C(N)=O. The van der Waals surface area contributed by atoms with Crippen LogP contribution in [0.3, 0.4) is 0 Å². The Balaban J connectivity index is 2.03. The van der Waals surface area contributed by atoms with Crippen LogP contribution in [0.4, 0.5) is 0 Å². The fraction of sp³-hybridized carbons (Fsp3) is 0.429. The molecule has 114 valence electrons. The van der Waals surface area contributed by atoms with E-state index in [0.717, 1.165) is 34.9 Å². The first-order chi connectivity index (χ1) is 10.1. The average Bonchev–Trinajstić information content (AvgIpc) is 2.88. The summed E-state index contributed by atoms with van der Waals surface area (Å²) in [6.07, 6.45) is 0.957. The molecule has 2 aromatic rings. The third-order valence-electron chi connectivity index (χ3n) is 3.04. The van der Waals surface area contributed by atoms with Crippen molar-refractivity contribution in [1.82, 2.24) is 15.3 Å². The monoisotopic (exact) mass is 308 g/mol. The van der Waals surface area contributed by atoms with Crippen LogP contribution in [-0.2, 0) is 4.79 Å². The van der Waals surface area contributed by atoms with E-state index in [0.29, 0.717) is 5.75 Å². The highest BCUT2D eigenvalue weighted by atomic mass is 32.2. The Morgan fingerprint density at radius 3 is 3.05 bits per heavy atom. The molecule has 1 atom stereocenters. The van der Waals surface area contributed by atoms with Gasteiger partial charge in [-0.1, -0.05) is 18.7 Å². The number of fused-ring (bicyclic) bond motifs is 1. The largest absolute Gasteiger partial charge is 0.497 e. The van der Waals surface area contributed by atoms with Crippen LogP contribution in [0.25, 0.3) is 11.0 Å². The number of aromatic amines is 1. The van der Waals surface area contributed by atoms with E-state index in [9.17, 15) is 4.79 Å². The Bertz CT molecular complexity index is 614. The van der Waals surface area contributed by atoms with E-state index < -0.39 is 0 Å². The molecule has 0 saturated heterocycles. The molecule has 1 unspecified atom stereocenters. The zero-order valence-electron chi connectivity index (χ0n) is 12.2. The molecule has 1 heterocycles. The molecule has 4 N–H and O–H groups in total. The number of ether oxygens (including phenoxy) is 1. The number of primary amides is 1. The van der Waals surface area contributed by atoms with E-state index in [1.165, 1.54) is 11.8 Å². The van der Waals surface area contributed by atoms with Gasteiger partial charge in [-0.3, -0.25) is 4.79 Å². The van der Waals surface area contributed by atoms with Crippen molar-refractivity contribution in [2.24, 2.45) is 5.73 Å². The molecule has 0 aliphatic rings. The van der Waals surface area contributed by atoms with Crippen LogP contribution in [0.15, 0.2) is 23.4 Å². The van der Waals surface area contributed by atoms with E-state index in [4.69, 9.17) is 10.5 Å². The Kier molecular flexibility index (Phi) is 5.46. The van der Waals surface area contributed by atoms with E-state index >= 15 is 0 Å². The molecule has 0 aliphatic heterocycles. The minimum Gasteiger partial charge on any atom is -0.497 e. The van der Waals surface area contributed by atoms with E-state index in [-0.39, 0.29) is 11.9 Å². The maximum atomic E-state index is 11.4. The van der Waals surface area contributed by atoms with Crippen molar-refractivity contribution in [1.29, 1.82) is 0 Å². The Morgan fingerprint density at radius 2 is 2.38 bits per heavy atom. The number of methoxy groups -OCH3 is 1. The topological polar surface area (TPSA) is 93.0 Å². The zero-order valence-corrected chi connectivity index (χ0v) is 13.0. The first-order valence-electron chi connectivity index (χ1n) is 6.83. The van der Waals surface area contributed by atoms with Crippen LogP contribution in [0.1, 0.15) is 13.3 Å². The summed E-state index contributed by atoms with van der Waals surface area (Å²) in [4.78, 5) is 19.1. The molecular formula is C14H20N4O2S. The van der Waals surface area contributed by atoms with Gasteiger partial charge in [0.15, 0.2) is 5.16 Å². The molecule has 0 bridgehead atoms. The molecule has 1 aromatic heterocycles. The number of H-pyrrole nitrogens is 1. The second kappa shape index (κ2) is 7.33. The van der Waals surface area contributed by atoms with Crippen molar-refractivity contribution >= 4 is 28.7 Å². The molecule has 1 aromatic carbocycles. The number of nitrogens with zero attached hydrogens (tertiary/aromatic N) is 1. The Morgan fingerprint density at radius 1 is 1.57 bits per heavy atom. The third-order valence-corrected chi connectivity index (χ3v) is 4.01. The number of thioether (sulfide) groups is 1. The van der Waals surface area contributed by atoms with Crippen molar-refractivity contribution in [2.75, 3.05) is 19.4 Å². The number of hydrogen-bond acceptors (Lipinski definition) is 5. The van der Waals surface area contributed by atoms with Gasteiger partial charge in [-0.25, -0.2) is 4.98 Å². The average molecular weight is 308 g/mol. The van der Waals surface area contributed by atoms with E-state index in [2.05, 4.69) is 15.3 Å². The van der Waals surface area contributed by atoms with Gasteiger partial charge < -0.3 is 20.8 Å². The van der Waals surface area contributed by atoms with Crippen LogP contribution in [-0.4, -0.2) is 41.3 Å². The van der Waals surface area contributed by atoms with Crippen LogP contribution in [0, 0.1) is 0 Å². The van der Waals surface area contributed by atoms with Crippen molar-refractivity contribution in [3.8, 4) is 5.75 Å². The highest BCUT2D eigenvalue weighted by Gasteiger charge is 2.15. The molecule has 0 spiro atoms. The lowest BCUT2D eigenvalue weighted by molar-refractivity contribution is -0.119. The summed E-state index contributed by atoms with van der Waals surface area (Å²) < 4.78 is 5.18. The van der Waals surface area contributed by atoms with Gasteiger partial charge in [-0.2, -0.15) is 0 Å². The minimum atomic E-state index is -0.349. The smallest absolute Gasteiger partial charge is 0.235 e. The first-order valence-corrected chi connectivity index (χ1v) is 7.82. The summed E-state index contributed by atoms with van der Waals surface area (Å²) in [6, 6.07) is 5.31. The molecular weight excluding hydrogens is 288 g/mol. The molecule has 0 aliphatic carbocycles. The summed E-state index contributed by atoms with van der Waals surface area (Å²) in [6.45, 7) is 2.82. The number of rotatable bonds is 8. The van der Waals surface area contributed by atoms with Crippen molar-refractivity contribution < 1.29 is 9.53 Å². The van der Waals surface area contributed by atoms with Gasteiger partial charge in [0, 0.05) is 11.8 Å². The van der Waals surface area contributed by atoms with Gasteiger partial charge in [-0.05, 0) is 25.1 Å². The van der Waals surface area contributed by atoms with Gasteiger partial charge in [0.1, 0.15) is 5.75 Å². The first kappa shape index (κ1) is 15.7. The summed E-state index contributed by atoms with van der Waals surface area (Å²) in [5.74, 6) is 0.989. The van der Waals surface area contributed by atoms with Crippen LogP contribution in [0.5, 0.6) is 5.75 Å². The Labute approximate surface area is 127 Å². The summed E-state index contributed by atoms with van der Waals surface area (Å²) >= 11 is 1.48. The van der Waals surface area contributed by atoms with Gasteiger partial charge in [0.2, 0.25) is 5.91 Å². The van der Waals surface area contributed by atoms with Gasteiger partial charge >= 0.3 is 0 Å². The number of benzene rings is 1. The highest BCUT2D eigenvalue weighted by Crippen LogP contribution is 2.23. The number of aromatic nitrogens is 2. The van der Waals surface area contributed by atoms with Crippen molar-refractivity contribution in [3.05, 3.63) is 18.2 Å². The molecule has 2 rings (SSSR count). The number of nitrogens with one attached hydrogen (secondary N) is 2. The van der Waals surface area contributed by atoms with Gasteiger partial charge in [-0.15, -0.1) is 0 Å². The molecule has 6 nitrogen and oxygen atoms in total. The Hall–Kier alpha value is -1.73. The number of carbonyl (C=O) groups excluding carboxylic acids is 1. The normalized spacial score (nSPS) is 12.5. The zero-order chi connectivity index (χ0) is 15.2. The maximum Gasteiger partial charge on any atom is 0.235 e. The van der Waals surface area contributed by atoms with Gasteiger partial charge in [0.05, 0.1) is 24.2 Å². The fourth-order valence-electron chi connectivity index (χ4n) is 1.88. The van der Waals surface area contributed by atoms with Crippen LogP contribution in [0.2, 0.25) is 0 Å². The van der Waals surface area contributed by atoms with E-state index in [1.807, 2.05) is 25.1 Å². The lowest BCUT2D eigenvalue weighted by atomic mass is 10.3.